The minimum Gasteiger partial charge on any atom is -0.543 e. The number of aliphatic carboxylic acids is 2. The molecular formula is C26H50N4O8. The number of rotatable bonds is 2. The monoisotopic (exact) mass is 546 g/mol. The van der Waals surface area contributed by atoms with Crippen LogP contribution in [0.1, 0.15) is 68.2 Å². The summed E-state index contributed by atoms with van der Waals surface area (Å²) in [4.78, 5) is 45.3. The summed E-state index contributed by atoms with van der Waals surface area (Å²) in [6, 6.07) is 1.00. The lowest BCUT2D eigenvalue weighted by molar-refractivity contribution is -0.671. The first kappa shape index (κ1) is 35.4. The van der Waals surface area contributed by atoms with E-state index in [0.29, 0.717) is 23.9 Å². The number of hydrogen-bond acceptors (Lipinski definition) is 8. The number of carbonyl (C=O) groups excluding carboxylic acids is 4. The number of carbonyl (C=O) groups is 4. The minimum atomic E-state index is -2.19. The molecule has 0 unspecified atom stereocenters. The Morgan fingerprint density at radius 2 is 0.974 bits per heavy atom. The SMILES string of the molecule is C[NH2+][C@@H]1CN(C(=O)OC(C)(C)C)CC[C@@H]1C.C[NH2+][C@@H]1CN(C(=O)OC(C)(C)C)CC[C@@H]1C.O=C([O-])C(=O)[O-]. The molecule has 222 valence electrons. The summed E-state index contributed by atoms with van der Waals surface area (Å²) in [7, 11) is 4.14. The van der Waals surface area contributed by atoms with E-state index in [2.05, 4.69) is 38.6 Å². The molecule has 0 bridgehead atoms. The van der Waals surface area contributed by atoms with Gasteiger partial charge in [0.15, 0.2) is 0 Å². The van der Waals surface area contributed by atoms with Crippen molar-refractivity contribution in [2.45, 2.75) is 91.5 Å². The van der Waals surface area contributed by atoms with Gasteiger partial charge in [-0.2, -0.15) is 0 Å². The summed E-state index contributed by atoms with van der Waals surface area (Å²) in [6.45, 7) is 19.2. The number of nitrogens with two attached hydrogens (primary N) is 2. The highest BCUT2D eigenvalue weighted by atomic mass is 16.6. The lowest BCUT2D eigenvalue weighted by Gasteiger charge is -2.35. The Kier molecular flexibility index (Phi) is 14.6. The van der Waals surface area contributed by atoms with Gasteiger partial charge in [0.25, 0.3) is 0 Å². The van der Waals surface area contributed by atoms with Crippen molar-refractivity contribution in [2.24, 2.45) is 11.8 Å². The number of carboxylic acid groups (broad SMARTS) is 2. The van der Waals surface area contributed by atoms with E-state index >= 15 is 0 Å². The summed E-state index contributed by atoms with van der Waals surface area (Å²) in [6.07, 6.45) is 1.78. The van der Waals surface area contributed by atoms with Crippen molar-refractivity contribution in [3.8, 4) is 0 Å². The molecule has 2 heterocycles. The van der Waals surface area contributed by atoms with Gasteiger partial charge < -0.3 is 49.7 Å². The molecule has 0 spiro atoms. The van der Waals surface area contributed by atoms with Gasteiger partial charge in [-0.3, -0.25) is 0 Å². The van der Waals surface area contributed by atoms with E-state index < -0.39 is 23.1 Å². The Morgan fingerprint density at radius 3 is 1.18 bits per heavy atom. The van der Waals surface area contributed by atoms with Gasteiger partial charge in [0, 0.05) is 24.9 Å². The Labute approximate surface area is 227 Å². The molecule has 38 heavy (non-hydrogen) atoms. The fourth-order valence-corrected chi connectivity index (χ4v) is 4.05. The van der Waals surface area contributed by atoms with Crippen LogP contribution >= 0.6 is 0 Å². The van der Waals surface area contributed by atoms with Crippen LogP contribution in [0.2, 0.25) is 0 Å². The molecule has 12 nitrogen and oxygen atoms in total. The molecule has 0 aromatic rings. The lowest BCUT2D eigenvalue weighted by Crippen LogP contribution is -2.90. The Balaban J connectivity index is 0.000000596. The average Bonchev–Trinajstić information content (AvgIpc) is 2.78. The number of carboxylic acids is 2. The first-order valence-electron chi connectivity index (χ1n) is 13.3. The van der Waals surface area contributed by atoms with Crippen LogP contribution in [0.3, 0.4) is 0 Å². The fourth-order valence-electron chi connectivity index (χ4n) is 4.05. The highest BCUT2D eigenvalue weighted by molar-refractivity contribution is 6.25. The molecule has 12 heteroatoms. The maximum absolute atomic E-state index is 11.9. The van der Waals surface area contributed by atoms with Gasteiger partial charge in [0.1, 0.15) is 23.3 Å². The number of ether oxygens (including phenoxy) is 2. The molecule has 2 amide bonds. The topological polar surface area (TPSA) is 173 Å². The maximum Gasteiger partial charge on any atom is 0.410 e. The van der Waals surface area contributed by atoms with E-state index in [-0.39, 0.29) is 12.2 Å². The maximum atomic E-state index is 11.9. The largest absolute Gasteiger partial charge is 0.543 e. The van der Waals surface area contributed by atoms with Crippen LogP contribution in [0, 0.1) is 11.8 Å². The summed E-state index contributed by atoms with van der Waals surface area (Å²) in [5.41, 5.74) is -0.794. The number of nitrogens with zero attached hydrogens (tertiary/aromatic N) is 2. The molecule has 0 aromatic heterocycles. The van der Waals surface area contributed by atoms with Gasteiger partial charge >= 0.3 is 12.2 Å². The first-order valence-corrected chi connectivity index (χ1v) is 13.3. The fraction of sp³-hybridized carbons (Fsp3) is 0.846. The van der Waals surface area contributed by atoms with Crippen LogP contribution in [-0.2, 0) is 19.1 Å². The quantitative estimate of drug-likeness (QED) is 0.379. The highest BCUT2D eigenvalue weighted by Crippen LogP contribution is 2.19. The summed E-state index contributed by atoms with van der Waals surface area (Å²) in [5.74, 6) is -3.03. The zero-order chi connectivity index (χ0) is 29.8. The van der Waals surface area contributed by atoms with Gasteiger partial charge in [-0.15, -0.1) is 0 Å². The van der Waals surface area contributed by atoms with Crippen LogP contribution in [0.4, 0.5) is 9.59 Å². The standard InChI is InChI=1S/2C12H24N2O2.C2H2O4/c2*1-9-6-7-14(8-10(9)13-5)11(15)16-12(2,3)4;3-1(4)2(5)6/h2*9-10,13H,6-8H2,1-5H3;(H,3,4)(H,5,6)/t2*9-,10+;/m00./s1. The van der Waals surface area contributed by atoms with Gasteiger partial charge in [0.05, 0.1) is 39.1 Å². The molecule has 0 radical (unpaired) electrons. The third-order valence-corrected chi connectivity index (χ3v) is 6.36. The number of hydrogen-bond donors (Lipinski definition) is 2. The van der Waals surface area contributed by atoms with E-state index in [4.69, 9.17) is 29.3 Å². The van der Waals surface area contributed by atoms with E-state index in [1.807, 2.05) is 51.3 Å². The molecule has 0 aliphatic carbocycles. The van der Waals surface area contributed by atoms with Crippen molar-refractivity contribution in [1.29, 1.82) is 0 Å². The van der Waals surface area contributed by atoms with E-state index in [1.54, 1.807) is 0 Å². The summed E-state index contributed by atoms with van der Waals surface area (Å²) in [5, 5.41) is 22.2. The third-order valence-electron chi connectivity index (χ3n) is 6.36. The van der Waals surface area contributed by atoms with Crippen molar-refractivity contribution >= 4 is 24.1 Å². The van der Waals surface area contributed by atoms with Crippen molar-refractivity contribution in [3.63, 3.8) is 0 Å². The number of amides is 2. The lowest BCUT2D eigenvalue weighted by atomic mass is 9.94. The predicted molar refractivity (Wildman–Crippen MR) is 136 cm³/mol. The van der Waals surface area contributed by atoms with Crippen LogP contribution < -0.4 is 20.8 Å². The molecule has 4 atom stereocenters. The van der Waals surface area contributed by atoms with Crippen LogP contribution in [0.25, 0.3) is 0 Å². The molecule has 2 saturated heterocycles. The van der Waals surface area contributed by atoms with Gasteiger partial charge in [-0.05, 0) is 54.4 Å². The second-order valence-corrected chi connectivity index (χ2v) is 12.0. The normalized spacial score (nSPS) is 23.6. The second kappa shape index (κ2) is 15.7. The molecule has 2 fully saturated rings. The van der Waals surface area contributed by atoms with E-state index in [1.165, 1.54) is 0 Å². The van der Waals surface area contributed by atoms with Gasteiger partial charge in [0.2, 0.25) is 0 Å². The van der Waals surface area contributed by atoms with Crippen LogP contribution in [0.15, 0.2) is 0 Å². The molecule has 2 aliphatic rings. The highest BCUT2D eigenvalue weighted by Gasteiger charge is 2.33. The smallest absolute Gasteiger partial charge is 0.410 e. The molecule has 0 saturated carbocycles. The van der Waals surface area contributed by atoms with Crippen molar-refractivity contribution in [3.05, 3.63) is 0 Å². The molecule has 2 aliphatic heterocycles. The molecule has 2 rings (SSSR count). The number of likely N-dealkylation sites (N-methyl/N-ethyl adjacent to an activating group) is 2. The van der Waals surface area contributed by atoms with E-state index in [9.17, 15) is 9.59 Å². The van der Waals surface area contributed by atoms with Crippen molar-refractivity contribution < 1.29 is 49.5 Å². The van der Waals surface area contributed by atoms with Gasteiger partial charge in [-0.1, -0.05) is 13.8 Å². The summed E-state index contributed by atoms with van der Waals surface area (Å²) < 4.78 is 10.8. The average molecular weight is 547 g/mol. The predicted octanol–water partition coefficient (Wildman–Crippen LogP) is -1.86. The van der Waals surface area contributed by atoms with Crippen molar-refractivity contribution in [1.82, 2.24) is 9.80 Å². The number of piperidine rings is 2. The Hall–Kier alpha value is -2.60. The number of likely N-dealkylation sites (tertiary alicyclic amines) is 2. The Morgan fingerprint density at radius 1 is 0.684 bits per heavy atom. The number of quaternary nitrogens is 2. The Bertz CT molecular complexity index is 714. The van der Waals surface area contributed by atoms with Crippen LogP contribution in [-0.4, -0.2) is 97.5 Å². The zero-order valence-electron chi connectivity index (χ0n) is 24.9. The van der Waals surface area contributed by atoms with E-state index in [0.717, 1.165) is 39.0 Å². The van der Waals surface area contributed by atoms with Gasteiger partial charge in [-0.25, -0.2) is 9.59 Å². The zero-order valence-corrected chi connectivity index (χ0v) is 24.9. The molecular weight excluding hydrogens is 496 g/mol. The van der Waals surface area contributed by atoms with Crippen LogP contribution in [0.5, 0.6) is 0 Å². The van der Waals surface area contributed by atoms with Crippen molar-refractivity contribution in [2.75, 3.05) is 40.3 Å². The minimum absolute atomic E-state index is 0.175. The molecule has 0 aromatic carbocycles. The third kappa shape index (κ3) is 14.4. The molecule has 4 N–H and O–H groups in total. The summed E-state index contributed by atoms with van der Waals surface area (Å²) >= 11 is 0. The second-order valence-electron chi connectivity index (χ2n) is 12.0. The first-order chi connectivity index (χ1) is 17.3.